The van der Waals surface area contributed by atoms with Gasteiger partial charge >= 0.3 is 0 Å². The van der Waals surface area contributed by atoms with Crippen LogP contribution in [-0.4, -0.2) is 49.5 Å². The fourth-order valence-electron chi connectivity index (χ4n) is 4.24. The summed E-state index contributed by atoms with van der Waals surface area (Å²) >= 11 is 6.47. The van der Waals surface area contributed by atoms with Gasteiger partial charge in [-0.3, -0.25) is 4.79 Å². The highest BCUT2D eigenvalue weighted by atomic mass is 35.5. The first-order chi connectivity index (χ1) is 18.9. The van der Waals surface area contributed by atoms with Gasteiger partial charge in [-0.2, -0.15) is 0 Å². The minimum absolute atomic E-state index is 0.0293. The second-order valence-electron chi connectivity index (χ2n) is 8.58. The number of ether oxygens (including phenoxy) is 1. The SMILES string of the molecule is [2H]C([2H])([2H])NC(=O)C([2H])([2H])OC1=Cc2cc(Cc3nc(N4C[C@@H](C)C([2H])([2H])[C@@H](C)C4)ncc3Cl)ccc2N(C)C1=C. The second-order valence-corrected chi connectivity index (χ2v) is 8.99. The van der Waals surface area contributed by atoms with Crippen molar-refractivity contribution in [1.29, 1.82) is 0 Å². The van der Waals surface area contributed by atoms with Gasteiger partial charge in [0.1, 0.15) is 5.76 Å². The van der Waals surface area contributed by atoms with E-state index in [2.05, 4.69) is 11.6 Å². The van der Waals surface area contributed by atoms with Crippen LogP contribution in [0.25, 0.3) is 6.08 Å². The van der Waals surface area contributed by atoms with E-state index in [0.717, 1.165) is 11.3 Å². The molecule has 2 aliphatic rings. The molecule has 3 heterocycles. The molecule has 0 radical (unpaired) electrons. The number of fused-ring (bicyclic) bond motifs is 1. The Morgan fingerprint density at radius 1 is 1.41 bits per heavy atom. The van der Waals surface area contributed by atoms with Crippen molar-refractivity contribution < 1.29 is 19.1 Å². The van der Waals surface area contributed by atoms with E-state index < -0.39 is 25.8 Å². The molecule has 1 saturated heterocycles. The zero-order valence-corrected chi connectivity index (χ0v) is 20.1. The molecule has 2 aliphatic heterocycles. The third-order valence-corrected chi connectivity index (χ3v) is 6.13. The Bertz CT molecular complexity index is 1380. The van der Waals surface area contributed by atoms with Gasteiger partial charge in [0.15, 0.2) is 6.56 Å². The fraction of sp³-hybridized carbons (Fsp3) is 0.423. The number of benzene rings is 1. The van der Waals surface area contributed by atoms with Crippen LogP contribution in [0.15, 0.2) is 42.4 Å². The molecule has 0 bridgehead atoms. The van der Waals surface area contributed by atoms with E-state index in [9.17, 15) is 4.79 Å². The molecule has 1 aromatic carbocycles. The first-order valence-corrected chi connectivity index (χ1v) is 11.3. The molecule has 7 nitrogen and oxygen atoms in total. The summed E-state index contributed by atoms with van der Waals surface area (Å²) in [6, 6.07) is 5.63. The lowest BCUT2D eigenvalue weighted by atomic mass is 9.92. The van der Waals surface area contributed by atoms with Gasteiger partial charge in [-0.05, 0) is 42.0 Å². The van der Waals surface area contributed by atoms with Crippen molar-refractivity contribution in [2.45, 2.75) is 26.6 Å². The summed E-state index contributed by atoms with van der Waals surface area (Å²) in [5.74, 6) is -1.37. The van der Waals surface area contributed by atoms with Crippen LogP contribution in [0.1, 0.15) is 46.6 Å². The Hall–Kier alpha value is -3.06. The molecule has 0 spiro atoms. The molecule has 0 unspecified atom stereocenters. The van der Waals surface area contributed by atoms with Crippen LogP contribution < -0.4 is 15.1 Å². The quantitative estimate of drug-likeness (QED) is 0.654. The zero-order chi connectivity index (χ0) is 30.5. The molecule has 2 atom stereocenters. The number of likely N-dealkylation sites (N-methyl/N-ethyl adjacent to an activating group) is 2. The number of aromatic nitrogens is 2. The molecular weight excluding hydrogens is 450 g/mol. The van der Waals surface area contributed by atoms with Gasteiger partial charge in [0.25, 0.3) is 5.91 Å². The minimum atomic E-state index is -2.97. The highest BCUT2D eigenvalue weighted by molar-refractivity contribution is 6.31. The van der Waals surface area contributed by atoms with Crippen LogP contribution in [0.4, 0.5) is 11.6 Å². The van der Waals surface area contributed by atoms with Crippen LogP contribution in [0, 0.1) is 11.8 Å². The topological polar surface area (TPSA) is 70.6 Å². The summed E-state index contributed by atoms with van der Waals surface area (Å²) in [5, 5.41) is 2.00. The zero-order valence-electron chi connectivity index (χ0n) is 26.4. The number of rotatable bonds is 6. The second kappa shape index (κ2) is 10.1. The molecule has 180 valence electrons. The van der Waals surface area contributed by atoms with Crippen LogP contribution in [0.3, 0.4) is 0 Å². The highest BCUT2D eigenvalue weighted by Crippen LogP contribution is 2.35. The summed E-state index contributed by atoms with van der Waals surface area (Å²) in [5.41, 5.74) is 3.14. The Morgan fingerprint density at radius 2 is 2.18 bits per heavy atom. The Balaban J connectivity index is 1.58. The van der Waals surface area contributed by atoms with E-state index in [0.29, 0.717) is 41.7 Å². The average Bonchev–Trinajstić information content (AvgIpc) is 2.86. The summed E-state index contributed by atoms with van der Waals surface area (Å²) in [7, 11) is 1.71. The Morgan fingerprint density at radius 3 is 2.91 bits per heavy atom. The average molecular weight is 489 g/mol. The number of halogens is 1. The predicted octanol–water partition coefficient (Wildman–Crippen LogP) is 4.27. The number of carbonyl (C=O) groups is 1. The third-order valence-electron chi connectivity index (χ3n) is 5.81. The molecule has 2 aromatic rings. The maximum atomic E-state index is 12.2. The summed E-state index contributed by atoms with van der Waals surface area (Å²) < 4.78 is 59.5. The predicted molar refractivity (Wildman–Crippen MR) is 137 cm³/mol. The first kappa shape index (κ1) is 16.5. The highest BCUT2D eigenvalue weighted by Gasteiger charge is 2.25. The van der Waals surface area contributed by atoms with Gasteiger partial charge in [0.05, 0.1) is 25.4 Å². The Kier molecular flexibility index (Phi) is 4.89. The van der Waals surface area contributed by atoms with Crippen LogP contribution in [0.5, 0.6) is 0 Å². The van der Waals surface area contributed by atoms with Gasteiger partial charge in [-0.25, -0.2) is 9.97 Å². The van der Waals surface area contributed by atoms with Gasteiger partial charge in [-0.15, -0.1) is 0 Å². The smallest absolute Gasteiger partial charge is 0.257 e. The van der Waals surface area contributed by atoms with E-state index in [1.165, 1.54) is 0 Å². The number of piperidine rings is 1. The Labute approximate surface area is 216 Å². The van der Waals surface area contributed by atoms with Crippen molar-refractivity contribution in [3.8, 4) is 0 Å². The molecule has 1 N–H and O–H groups in total. The van der Waals surface area contributed by atoms with Gasteiger partial charge < -0.3 is 19.9 Å². The third kappa shape index (κ3) is 5.20. The van der Waals surface area contributed by atoms with Gasteiger partial charge in [0, 0.05) is 51.6 Å². The summed E-state index contributed by atoms with van der Waals surface area (Å²) in [4.78, 5) is 25.0. The summed E-state index contributed by atoms with van der Waals surface area (Å²) in [6.45, 7) is 2.83. The van der Waals surface area contributed by atoms with Gasteiger partial charge in [0.2, 0.25) is 5.95 Å². The summed E-state index contributed by atoms with van der Waals surface area (Å²) in [6.07, 6.45) is 2.17. The van der Waals surface area contributed by atoms with E-state index in [1.807, 2.05) is 36.9 Å². The standard InChI is InChI=1S/C26H32ClN5O2/c1-16-8-17(2)14-32(13-16)26-29-12-21(27)22(30-26)10-19-6-7-23-20(9-19)11-24(18(3)31(23)5)34-15-25(33)28-4/h6-7,9,11-12,16-17H,3,8,10,13-15H2,1-2,4-5H3,(H,28,33)/t16-,17+/i4D3,8D2,15D2. The largest absolute Gasteiger partial charge is 0.482 e. The van der Waals surface area contributed by atoms with E-state index in [1.54, 1.807) is 29.5 Å². The van der Waals surface area contributed by atoms with Crippen molar-refractivity contribution in [2.24, 2.45) is 11.8 Å². The molecule has 1 aromatic heterocycles. The van der Waals surface area contributed by atoms with Crippen molar-refractivity contribution in [2.75, 3.05) is 43.5 Å². The normalized spacial score (nSPS) is 25.4. The molecular formula is C26H32ClN5O2. The lowest BCUT2D eigenvalue weighted by Crippen LogP contribution is -2.39. The molecule has 4 rings (SSSR count). The number of hydrogen-bond acceptors (Lipinski definition) is 6. The fourth-order valence-corrected chi connectivity index (χ4v) is 4.39. The number of nitrogens with zero attached hydrogens (tertiary/aromatic N) is 4. The van der Waals surface area contributed by atoms with Crippen molar-refractivity contribution in [3.05, 3.63) is 64.3 Å². The van der Waals surface area contributed by atoms with Crippen molar-refractivity contribution in [1.82, 2.24) is 15.3 Å². The van der Waals surface area contributed by atoms with Crippen LogP contribution in [0.2, 0.25) is 5.02 Å². The number of carbonyl (C=O) groups excluding carboxylic acids is 1. The number of hydrogen-bond donors (Lipinski definition) is 1. The number of amides is 1. The van der Waals surface area contributed by atoms with Crippen LogP contribution in [-0.2, 0) is 16.0 Å². The maximum absolute atomic E-state index is 12.2. The first-order valence-electron chi connectivity index (χ1n) is 14.4. The van der Waals surface area contributed by atoms with Crippen molar-refractivity contribution >= 4 is 35.2 Å². The molecule has 1 amide bonds. The lowest BCUT2D eigenvalue weighted by molar-refractivity contribution is -0.123. The van der Waals surface area contributed by atoms with E-state index in [-0.39, 0.29) is 23.3 Å². The number of nitrogens with one attached hydrogen (secondary N) is 1. The van der Waals surface area contributed by atoms with E-state index >= 15 is 0 Å². The minimum Gasteiger partial charge on any atom is -0.482 e. The monoisotopic (exact) mass is 488 g/mol. The molecule has 8 heteroatoms. The maximum Gasteiger partial charge on any atom is 0.257 e. The van der Waals surface area contributed by atoms with Gasteiger partial charge in [-0.1, -0.05) is 38.1 Å². The molecule has 34 heavy (non-hydrogen) atoms. The van der Waals surface area contributed by atoms with Crippen LogP contribution >= 0.6 is 11.6 Å². The number of anilines is 2. The molecule has 1 fully saturated rings. The molecule has 0 aliphatic carbocycles. The van der Waals surface area contributed by atoms with E-state index in [4.69, 9.17) is 30.9 Å². The molecule has 0 saturated carbocycles. The lowest BCUT2D eigenvalue weighted by Gasteiger charge is -2.35. The van der Waals surface area contributed by atoms with Crippen molar-refractivity contribution in [3.63, 3.8) is 0 Å².